The van der Waals surface area contributed by atoms with Crippen molar-refractivity contribution < 1.29 is 0 Å². The van der Waals surface area contributed by atoms with Crippen LogP contribution in [0.25, 0.3) is 0 Å². The minimum atomic E-state index is -0.431. The second kappa shape index (κ2) is 4.58. The molecule has 0 fully saturated rings. The Balaban J connectivity index is 2.35. The predicted octanol–water partition coefficient (Wildman–Crippen LogP) is 0.930. The van der Waals surface area contributed by atoms with E-state index >= 15 is 0 Å². The molecule has 0 unspecified atom stereocenters. The second-order valence-corrected chi connectivity index (χ2v) is 4.45. The molecule has 6 heteroatoms. The summed E-state index contributed by atoms with van der Waals surface area (Å²) in [5, 5.41) is 0. The van der Waals surface area contributed by atoms with Crippen LogP contribution >= 0.6 is 15.9 Å². The number of rotatable bonds is 2. The summed E-state index contributed by atoms with van der Waals surface area (Å²) < 4.78 is 2.22. The van der Waals surface area contributed by atoms with Crippen LogP contribution in [0.15, 0.2) is 44.5 Å². The van der Waals surface area contributed by atoms with E-state index in [-0.39, 0.29) is 0 Å². The van der Waals surface area contributed by atoms with Crippen molar-refractivity contribution in [1.82, 2.24) is 9.55 Å². The van der Waals surface area contributed by atoms with Crippen LogP contribution in [0.4, 0.5) is 5.69 Å². The Labute approximate surface area is 105 Å². The molecule has 0 atom stereocenters. The first-order chi connectivity index (χ1) is 8.06. The van der Waals surface area contributed by atoms with Gasteiger partial charge >= 0.3 is 5.69 Å². The molecule has 0 spiro atoms. The third-order valence-corrected chi connectivity index (χ3v) is 3.03. The van der Waals surface area contributed by atoms with Crippen LogP contribution in [0.5, 0.6) is 0 Å². The molecule has 1 aromatic carbocycles. The van der Waals surface area contributed by atoms with Gasteiger partial charge < -0.3 is 5.73 Å². The smallest absolute Gasteiger partial charge is 0.328 e. The maximum Gasteiger partial charge on any atom is 0.328 e. The van der Waals surface area contributed by atoms with Gasteiger partial charge in [0.1, 0.15) is 0 Å². The SMILES string of the molecule is Nc1cc(Cn2ccc(=O)[nH]c2=O)ccc1Br. The number of nitrogens with two attached hydrogens (primary N) is 1. The molecule has 0 aliphatic rings. The maximum absolute atomic E-state index is 11.5. The van der Waals surface area contributed by atoms with E-state index in [1.165, 1.54) is 16.8 Å². The third kappa shape index (κ3) is 2.65. The van der Waals surface area contributed by atoms with E-state index < -0.39 is 11.2 Å². The van der Waals surface area contributed by atoms with Gasteiger partial charge in [-0.25, -0.2) is 4.79 Å². The number of nitrogen functional groups attached to an aromatic ring is 1. The quantitative estimate of drug-likeness (QED) is 0.809. The van der Waals surface area contributed by atoms with E-state index in [1.54, 1.807) is 6.07 Å². The van der Waals surface area contributed by atoms with Gasteiger partial charge in [0.05, 0.1) is 6.54 Å². The molecule has 17 heavy (non-hydrogen) atoms. The molecule has 5 nitrogen and oxygen atoms in total. The minimum Gasteiger partial charge on any atom is -0.398 e. The van der Waals surface area contributed by atoms with Gasteiger partial charge in [0, 0.05) is 22.4 Å². The number of H-pyrrole nitrogens is 1. The minimum absolute atomic E-state index is 0.368. The van der Waals surface area contributed by atoms with Crippen molar-refractivity contribution in [1.29, 1.82) is 0 Å². The molecule has 1 aromatic heterocycles. The fraction of sp³-hybridized carbons (Fsp3) is 0.0909. The molecule has 0 bridgehead atoms. The molecule has 3 N–H and O–H groups in total. The highest BCUT2D eigenvalue weighted by molar-refractivity contribution is 9.10. The summed E-state index contributed by atoms with van der Waals surface area (Å²) in [5.41, 5.74) is 6.41. The summed E-state index contributed by atoms with van der Waals surface area (Å²) in [6.07, 6.45) is 1.46. The van der Waals surface area contributed by atoms with E-state index in [2.05, 4.69) is 20.9 Å². The Bertz CT molecular complexity index is 660. The lowest BCUT2D eigenvalue weighted by Gasteiger charge is -2.06. The Kier molecular flexibility index (Phi) is 3.14. The molecule has 2 aromatic rings. The first kappa shape index (κ1) is 11.7. The molecular weight excluding hydrogens is 286 g/mol. The van der Waals surface area contributed by atoms with Crippen molar-refractivity contribution >= 4 is 21.6 Å². The topological polar surface area (TPSA) is 80.9 Å². The summed E-state index contributed by atoms with van der Waals surface area (Å²) in [7, 11) is 0. The second-order valence-electron chi connectivity index (χ2n) is 3.59. The monoisotopic (exact) mass is 295 g/mol. The number of hydrogen-bond donors (Lipinski definition) is 2. The molecule has 0 amide bonds. The van der Waals surface area contributed by atoms with Gasteiger partial charge in [0.2, 0.25) is 0 Å². The van der Waals surface area contributed by atoms with E-state index in [4.69, 9.17) is 5.73 Å². The van der Waals surface area contributed by atoms with Crippen LogP contribution in [0.1, 0.15) is 5.56 Å². The number of aromatic amines is 1. The van der Waals surface area contributed by atoms with Crippen molar-refractivity contribution in [2.45, 2.75) is 6.54 Å². The average molecular weight is 296 g/mol. The van der Waals surface area contributed by atoms with Gasteiger partial charge in [-0.2, -0.15) is 0 Å². The molecule has 88 valence electrons. The van der Waals surface area contributed by atoms with Crippen LogP contribution in [0, 0.1) is 0 Å². The van der Waals surface area contributed by atoms with E-state index in [9.17, 15) is 9.59 Å². The van der Waals surface area contributed by atoms with Crippen molar-refractivity contribution in [2.75, 3.05) is 5.73 Å². The zero-order valence-electron chi connectivity index (χ0n) is 8.81. The fourth-order valence-corrected chi connectivity index (χ4v) is 1.70. The molecule has 2 rings (SSSR count). The predicted molar refractivity (Wildman–Crippen MR) is 69.0 cm³/mol. The van der Waals surface area contributed by atoms with Gasteiger partial charge in [-0.15, -0.1) is 0 Å². The van der Waals surface area contributed by atoms with Crippen LogP contribution in [-0.2, 0) is 6.54 Å². The summed E-state index contributed by atoms with van der Waals surface area (Å²) in [6, 6.07) is 6.77. The van der Waals surface area contributed by atoms with Crippen LogP contribution in [0.3, 0.4) is 0 Å². The number of aromatic nitrogens is 2. The molecule has 0 radical (unpaired) electrons. The van der Waals surface area contributed by atoms with Gasteiger partial charge in [-0.3, -0.25) is 14.3 Å². The summed E-state index contributed by atoms with van der Waals surface area (Å²) in [6.45, 7) is 0.368. The molecule has 0 aliphatic heterocycles. The number of nitrogens with zero attached hydrogens (tertiary/aromatic N) is 1. The van der Waals surface area contributed by atoms with Gasteiger partial charge in [0.15, 0.2) is 0 Å². The zero-order valence-corrected chi connectivity index (χ0v) is 10.4. The Morgan fingerprint density at radius 1 is 1.29 bits per heavy atom. The molecular formula is C11H10BrN3O2. The highest BCUT2D eigenvalue weighted by atomic mass is 79.9. The Hall–Kier alpha value is -1.82. The number of nitrogens with one attached hydrogen (secondary N) is 1. The fourth-order valence-electron chi connectivity index (χ4n) is 1.46. The van der Waals surface area contributed by atoms with Crippen LogP contribution in [-0.4, -0.2) is 9.55 Å². The maximum atomic E-state index is 11.5. The van der Waals surface area contributed by atoms with Gasteiger partial charge in [-0.05, 0) is 33.6 Å². The summed E-state index contributed by atoms with van der Waals surface area (Å²) >= 11 is 3.30. The van der Waals surface area contributed by atoms with Crippen molar-refractivity contribution in [3.05, 3.63) is 61.3 Å². The highest BCUT2D eigenvalue weighted by Crippen LogP contribution is 2.20. The lowest BCUT2D eigenvalue weighted by atomic mass is 10.2. The standard InChI is InChI=1S/C11H10BrN3O2/c12-8-2-1-7(5-9(8)13)6-15-4-3-10(16)14-11(15)17/h1-5H,6,13H2,(H,14,16,17). The van der Waals surface area contributed by atoms with E-state index in [0.29, 0.717) is 12.2 Å². The zero-order chi connectivity index (χ0) is 12.4. The number of hydrogen-bond acceptors (Lipinski definition) is 3. The summed E-state index contributed by atoms with van der Waals surface area (Å²) in [5.74, 6) is 0. The lowest BCUT2D eigenvalue weighted by molar-refractivity contribution is 0.720. The molecule has 0 saturated carbocycles. The van der Waals surface area contributed by atoms with E-state index in [0.717, 1.165) is 10.0 Å². The normalized spacial score (nSPS) is 10.4. The molecule has 1 heterocycles. The lowest BCUT2D eigenvalue weighted by Crippen LogP contribution is -2.28. The largest absolute Gasteiger partial charge is 0.398 e. The highest BCUT2D eigenvalue weighted by Gasteiger charge is 2.01. The van der Waals surface area contributed by atoms with E-state index in [1.807, 2.05) is 12.1 Å². The van der Waals surface area contributed by atoms with Crippen molar-refractivity contribution in [2.24, 2.45) is 0 Å². The Morgan fingerprint density at radius 2 is 2.06 bits per heavy atom. The van der Waals surface area contributed by atoms with Crippen LogP contribution < -0.4 is 17.0 Å². The number of benzene rings is 1. The van der Waals surface area contributed by atoms with Crippen LogP contribution in [0.2, 0.25) is 0 Å². The first-order valence-corrected chi connectivity index (χ1v) is 5.69. The van der Waals surface area contributed by atoms with Gasteiger partial charge in [0.25, 0.3) is 5.56 Å². The number of halogens is 1. The summed E-state index contributed by atoms with van der Waals surface area (Å²) in [4.78, 5) is 24.6. The Morgan fingerprint density at radius 3 is 2.71 bits per heavy atom. The first-order valence-electron chi connectivity index (χ1n) is 4.90. The van der Waals surface area contributed by atoms with Crippen molar-refractivity contribution in [3.63, 3.8) is 0 Å². The third-order valence-electron chi connectivity index (χ3n) is 2.31. The molecule has 0 saturated heterocycles. The molecule has 0 aliphatic carbocycles. The van der Waals surface area contributed by atoms with Gasteiger partial charge in [-0.1, -0.05) is 6.07 Å². The number of anilines is 1. The average Bonchev–Trinajstić information content (AvgIpc) is 2.27. The van der Waals surface area contributed by atoms with Crippen molar-refractivity contribution in [3.8, 4) is 0 Å².